The number of alkyl halides is 3. The lowest BCUT2D eigenvalue weighted by atomic mass is 10.0. The number of piperidine rings is 1. The number of nitrogens with one attached hydrogen (secondary N) is 1. The van der Waals surface area contributed by atoms with E-state index in [1.807, 2.05) is 6.07 Å². The number of aromatic nitrogens is 3. The van der Waals surface area contributed by atoms with Gasteiger partial charge >= 0.3 is 6.18 Å². The first-order chi connectivity index (χ1) is 23.1. The van der Waals surface area contributed by atoms with E-state index in [9.17, 15) is 22.6 Å². The molecule has 1 saturated carbocycles. The summed E-state index contributed by atoms with van der Waals surface area (Å²) in [5.41, 5.74) is 4.20. The topological polar surface area (TPSA) is 93.3 Å². The maximum Gasteiger partial charge on any atom is 0.393 e. The van der Waals surface area contributed by atoms with E-state index >= 15 is 0 Å². The van der Waals surface area contributed by atoms with E-state index in [1.165, 1.54) is 17.5 Å². The van der Waals surface area contributed by atoms with Gasteiger partial charge in [-0.05, 0) is 68.9 Å². The molecule has 1 aromatic carbocycles. The van der Waals surface area contributed by atoms with E-state index in [2.05, 4.69) is 66.0 Å². The molecule has 0 amide bonds. The van der Waals surface area contributed by atoms with Crippen molar-refractivity contribution in [3.8, 4) is 6.07 Å². The molecule has 1 aliphatic carbocycles. The Kier molecular flexibility index (Phi) is 9.51. The molecule has 9 nitrogen and oxygen atoms in total. The summed E-state index contributed by atoms with van der Waals surface area (Å²) >= 11 is 1.07. The van der Waals surface area contributed by atoms with Gasteiger partial charge in [-0.25, -0.2) is 18.5 Å². The first-order valence-electron chi connectivity index (χ1n) is 16.8. The van der Waals surface area contributed by atoms with Crippen molar-refractivity contribution in [2.24, 2.45) is 0 Å². The number of aryl methyl sites for hydroxylation is 1. The Bertz CT molecular complexity index is 1850. The van der Waals surface area contributed by atoms with Gasteiger partial charge in [0.15, 0.2) is 0 Å². The number of benzene rings is 1. The Labute approximate surface area is 285 Å². The predicted molar refractivity (Wildman–Crippen MR) is 184 cm³/mol. The zero-order valence-electron chi connectivity index (χ0n) is 27.3. The maximum atomic E-state index is 13.0. The normalized spacial score (nSPS) is 20.3. The second-order valence-corrected chi connectivity index (χ2v) is 16.3. The van der Waals surface area contributed by atoms with Gasteiger partial charge in [0, 0.05) is 85.5 Å². The average Bonchev–Trinajstić information content (AvgIpc) is 3.74. The SMILES string of the molecule is Cc1c(CN2CCC(Nc3ncnc4sc(CC(F)(F)F)cc34)CC2)ccc2c1cc(C#N)n2CC(C)N1CCN(S(=O)C2CC2)CC1. The molecule has 1 N–H and O–H groups in total. The molecule has 2 saturated heterocycles. The van der Waals surface area contributed by atoms with Crippen molar-refractivity contribution in [1.29, 1.82) is 5.26 Å². The van der Waals surface area contributed by atoms with Crippen LogP contribution in [0.3, 0.4) is 0 Å². The number of nitrogens with zero attached hydrogens (tertiary/aromatic N) is 7. The van der Waals surface area contributed by atoms with E-state index < -0.39 is 23.6 Å². The zero-order valence-corrected chi connectivity index (χ0v) is 28.9. The number of piperazine rings is 1. The molecule has 7 rings (SSSR count). The number of likely N-dealkylation sites (tertiary alicyclic amines) is 1. The lowest BCUT2D eigenvalue weighted by Crippen LogP contribution is -2.51. The molecule has 0 spiro atoms. The number of hydrogen-bond donors (Lipinski definition) is 1. The monoisotopic (exact) mass is 698 g/mol. The smallest absolute Gasteiger partial charge is 0.367 e. The van der Waals surface area contributed by atoms with E-state index in [4.69, 9.17) is 0 Å². The number of hydrogen-bond acceptors (Lipinski definition) is 8. The van der Waals surface area contributed by atoms with E-state index in [1.54, 1.807) is 6.07 Å². The third-order valence-corrected chi connectivity index (χ3v) is 13.0. The summed E-state index contributed by atoms with van der Waals surface area (Å²) in [7, 11) is -0.837. The Balaban J connectivity index is 0.967. The average molecular weight is 699 g/mol. The largest absolute Gasteiger partial charge is 0.393 e. The van der Waals surface area contributed by atoms with Crippen LogP contribution in [0.1, 0.15) is 54.3 Å². The lowest BCUT2D eigenvalue weighted by molar-refractivity contribution is -0.126. The molecule has 3 fully saturated rings. The van der Waals surface area contributed by atoms with Crippen LogP contribution in [0.4, 0.5) is 19.0 Å². The summed E-state index contributed by atoms with van der Waals surface area (Å²) in [5, 5.41) is 15.7. The molecular formula is C34H41F3N8OS2. The van der Waals surface area contributed by atoms with Gasteiger partial charge < -0.3 is 9.88 Å². The van der Waals surface area contributed by atoms with Gasteiger partial charge in [0.25, 0.3) is 0 Å². The van der Waals surface area contributed by atoms with Crippen molar-refractivity contribution in [3.63, 3.8) is 0 Å². The summed E-state index contributed by atoms with van der Waals surface area (Å²) in [6.07, 6.45) is 0.163. The van der Waals surface area contributed by atoms with Crippen LogP contribution in [-0.2, 0) is 30.5 Å². The van der Waals surface area contributed by atoms with Crippen LogP contribution in [0.5, 0.6) is 0 Å². The Morgan fingerprint density at radius 3 is 2.50 bits per heavy atom. The van der Waals surface area contributed by atoms with Crippen molar-refractivity contribution in [3.05, 3.63) is 52.3 Å². The number of rotatable bonds is 10. The highest BCUT2D eigenvalue weighted by Crippen LogP contribution is 2.34. The Hall–Kier alpha value is -3.09. The minimum Gasteiger partial charge on any atom is -0.367 e. The standard InChI is InChI=1S/C34H41F3N8OS2/c1-22(43-11-13-44(14-12-43)48(46)28-4-5-28)19-45-26(18-38)15-29-23(2)24(3-6-31(29)45)20-42-9-7-25(8-10-42)41-32-30-16-27(17-34(35,36)37)47-33(30)40-21-39-32/h3,6,15-16,21-22,25,28H,4-5,7-14,17,19-20H2,1-2H3,(H,39,40,41). The Morgan fingerprint density at radius 1 is 1.06 bits per heavy atom. The maximum absolute atomic E-state index is 13.0. The summed E-state index contributed by atoms with van der Waals surface area (Å²) in [5.74, 6) is 0.601. The van der Waals surface area contributed by atoms with Crippen LogP contribution in [0.2, 0.25) is 0 Å². The second-order valence-electron chi connectivity index (χ2n) is 13.5. The lowest BCUT2D eigenvalue weighted by Gasteiger charge is -2.37. The number of anilines is 1. The first kappa shape index (κ1) is 33.4. The van der Waals surface area contributed by atoms with Crippen molar-refractivity contribution >= 4 is 49.3 Å². The number of thiophene rings is 1. The summed E-state index contributed by atoms with van der Waals surface area (Å²) in [6, 6.07) is 10.8. The van der Waals surface area contributed by atoms with Gasteiger partial charge in [-0.15, -0.1) is 11.3 Å². The number of halogens is 3. The molecule has 0 radical (unpaired) electrons. The van der Waals surface area contributed by atoms with Crippen molar-refractivity contribution in [2.75, 3.05) is 44.6 Å². The summed E-state index contributed by atoms with van der Waals surface area (Å²) in [6.45, 7) is 11.1. The molecular weight excluding hydrogens is 658 g/mol. The van der Waals surface area contributed by atoms with E-state index in [0.717, 1.165) is 100 Å². The second kappa shape index (κ2) is 13.7. The highest BCUT2D eigenvalue weighted by atomic mass is 32.2. The molecule has 48 heavy (non-hydrogen) atoms. The zero-order chi connectivity index (χ0) is 33.6. The van der Waals surface area contributed by atoms with E-state index in [-0.39, 0.29) is 17.0 Å². The minimum atomic E-state index is -4.26. The molecule has 256 valence electrons. The van der Waals surface area contributed by atoms with Gasteiger partial charge in [-0.2, -0.15) is 18.4 Å². The highest BCUT2D eigenvalue weighted by molar-refractivity contribution is 7.83. The first-order valence-corrected chi connectivity index (χ1v) is 18.8. The molecule has 4 aromatic rings. The van der Waals surface area contributed by atoms with Crippen LogP contribution >= 0.6 is 11.3 Å². The van der Waals surface area contributed by atoms with Crippen molar-refractivity contribution < 1.29 is 17.4 Å². The van der Waals surface area contributed by atoms with Gasteiger partial charge in [0.2, 0.25) is 0 Å². The van der Waals surface area contributed by atoms with Gasteiger partial charge in [-0.3, -0.25) is 9.80 Å². The fraction of sp³-hybridized carbons (Fsp3) is 0.559. The van der Waals surface area contributed by atoms with Gasteiger partial charge in [0.1, 0.15) is 28.7 Å². The molecule has 5 heterocycles. The third kappa shape index (κ3) is 7.26. The van der Waals surface area contributed by atoms with Crippen molar-refractivity contribution in [1.82, 2.24) is 28.6 Å². The fourth-order valence-electron chi connectivity index (χ4n) is 7.14. The molecule has 3 aromatic heterocycles. The predicted octanol–water partition coefficient (Wildman–Crippen LogP) is 5.84. The molecule has 0 bridgehead atoms. The van der Waals surface area contributed by atoms with Crippen LogP contribution < -0.4 is 5.32 Å². The quantitative estimate of drug-likeness (QED) is 0.223. The van der Waals surface area contributed by atoms with Crippen LogP contribution in [0.25, 0.3) is 21.1 Å². The van der Waals surface area contributed by atoms with E-state index in [0.29, 0.717) is 27.0 Å². The van der Waals surface area contributed by atoms with Crippen LogP contribution in [0.15, 0.2) is 30.6 Å². The van der Waals surface area contributed by atoms with Crippen LogP contribution in [-0.4, -0.2) is 95.6 Å². The van der Waals surface area contributed by atoms with Gasteiger partial charge in [-0.1, -0.05) is 6.07 Å². The number of nitriles is 1. The third-order valence-electron chi connectivity index (χ3n) is 10.1. The molecule has 2 unspecified atom stereocenters. The number of fused-ring (bicyclic) bond motifs is 2. The van der Waals surface area contributed by atoms with Crippen molar-refractivity contribution in [2.45, 2.75) is 82.6 Å². The molecule has 2 aliphatic heterocycles. The Morgan fingerprint density at radius 2 is 1.81 bits per heavy atom. The van der Waals surface area contributed by atoms with Crippen LogP contribution in [0, 0.1) is 18.3 Å². The highest BCUT2D eigenvalue weighted by Gasteiger charge is 2.35. The van der Waals surface area contributed by atoms with Gasteiger partial charge in [0.05, 0.1) is 22.8 Å². The minimum absolute atomic E-state index is 0.173. The fourth-order valence-corrected chi connectivity index (χ4v) is 9.65. The summed E-state index contributed by atoms with van der Waals surface area (Å²) < 4.78 is 55.8. The molecule has 3 aliphatic rings. The molecule has 2 atom stereocenters. The summed E-state index contributed by atoms with van der Waals surface area (Å²) in [4.78, 5) is 14.3. The molecule has 14 heteroatoms.